The molecule has 0 atom stereocenters. The molecule has 1 saturated heterocycles. The molecule has 17 heavy (non-hydrogen) atoms. The van der Waals surface area contributed by atoms with Gasteiger partial charge in [0, 0.05) is 6.54 Å². The largest absolute Gasteiger partial charge is 0.468 e. The predicted octanol–water partition coefficient (Wildman–Crippen LogP) is 1.35. The second-order valence-corrected chi connectivity index (χ2v) is 5.40. The van der Waals surface area contributed by atoms with E-state index in [1.807, 2.05) is 0 Å². The van der Waals surface area contributed by atoms with Gasteiger partial charge >= 0.3 is 5.97 Å². The van der Waals surface area contributed by atoms with Gasteiger partial charge in [0.05, 0.1) is 20.3 Å². The number of ether oxygens (including phenoxy) is 2. The summed E-state index contributed by atoms with van der Waals surface area (Å²) in [5.41, 5.74) is -0.413. The molecule has 1 aliphatic carbocycles. The van der Waals surface area contributed by atoms with Gasteiger partial charge in [-0.15, -0.1) is 0 Å². The zero-order valence-electron chi connectivity index (χ0n) is 10.7. The van der Waals surface area contributed by atoms with E-state index in [0.29, 0.717) is 19.8 Å². The maximum Gasteiger partial charge on any atom is 0.317 e. The van der Waals surface area contributed by atoms with Crippen molar-refractivity contribution in [2.75, 3.05) is 33.4 Å². The Kier molecular flexibility index (Phi) is 4.40. The lowest BCUT2D eigenvalue weighted by Gasteiger charge is -2.39. The van der Waals surface area contributed by atoms with Crippen molar-refractivity contribution >= 4 is 5.97 Å². The molecule has 1 saturated carbocycles. The van der Waals surface area contributed by atoms with Gasteiger partial charge in [-0.05, 0) is 25.3 Å². The molecular formula is C13H23NO3. The number of carbonyl (C=O) groups excluding carboxylic acids is 1. The van der Waals surface area contributed by atoms with Gasteiger partial charge in [0.25, 0.3) is 0 Å². The predicted molar refractivity (Wildman–Crippen MR) is 64.7 cm³/mol. The molecule has 2 fully saturated rings. The van der Waals surface area contributed by atoms with Crippen molar-refractivity contribution in [1.29, 1.82) is 0 Å². The quantitative estimate of drug-likeness (QED) is 0.738. The minimum absolute atomic E-state index is 0.139. The van der Waals surface area contributed by atoms with Gasteiger partial charge < -0.3 is 14.8 Å². The monoisotopic (exact) mass is 241 g/mol. The molecule has 0 amide bonds. The molecule has 2 rings (SSSR count). The molecule has 0 spiro atoms. The molecule has 1 heterocycles. The number of hydrogen-bond donors (Lipinski definition) is 1. The average molecular weight is 241 g/mol. The summed E-state index contributed by atoms with van der Waals surface area (Å²) in [5, 5.41) is 3.43. The highest BCUT2D eigenvalue weighted by molar-refractivity contribution is 5.78. The van der Waals surface area contributed by atoms with E-state index in [2.05, 4.69) is 5.32 Å². The summed E-state index contributed by atoms with van der Waals surface area (Å²) in [5.74, 6) is 0.652. The van der Waals surface area contributed by atoms with E-state index >= 15 is 0 Å². The highest BCUT2D eigenvalue weighted by atomic mass is 16.5. The van der Waals surface area contributed by atoms with Gasteiger partial charge in [-0.2, -0.15) is 0 Å². The number of esters is 1. The fourth-order valence-electron chi connectivity index (χ4n) is 2.76. The summed E-state index contributed by atoms with van der Waals surface area (Å²) in [6.45, 7) is 2.71. The summed E-state index contributed by atoms with van der Waals surface area (Å²) in [6.07, 6.45) is 6.76. The van der Waals surface area contributed by atoms with Crippen LogP contribution >= 0.6 is 0 Å². The summed E-state index contributed by atoms with van der Waals surface area (Å²) < 4.78 is 10.0. The molecule has 0 radical (unpaired) electrons. The van der Waals surface area contributed by atoms with Crippen LogP contribution < -0.4 is 5.32 Å². The van der Waals surface area contributed by atoms with Gasteiger partial charge in [0.1, 0.15) is 5.41 Å². The molecule has 0 aromatic heterocycles. The molecule has 1 N–H and O–H groups in total. The second-order valence-electron chi connectivity index (χ2n) is 5.40. The summed E-state index contributed by atoms with van der Waals surface area (Å²) in [6, 6.07) is 0. The third-order valence-electron chi connectivity index (χ3n) is 4.00. The molecule has 0 aromatic rings. The van der Waals surface area contributed by atoms with E-state index < -0.39 is 5.41 Å². The van der Waals surface area contributed by atoms with Gasteiger partial charge in [0.2, 0.25) is 0 Å². The fraction of sp³-hybridized carbons (Fsp3) is 0.923. The molecule has 0 bridgehead atoms. The van der Waals surface area contributed by atoms with E-state index in [1.165, 1.54) is 39.2 Å². The molecule has 0 aromatic carbocycles. The Morgan fingerprint density at radius 1 is 1.35 bits per heavy atom. The molecule has 98 valence electrons. The lowest BCUT2D eigenvalue weighted by atomic mass is 9.85. The van der Waals surface area contributed by atoms with Gasteiger partial charge in [-0.1, -0.05) is 19.3 Å². The van der Waals surface area contributed by atoms with Crippen LogP contribution in [0.3, 0.4) is 0 Å². The maximum absolute atomic E-state index is 11.7. The Balaban J connectivity index is 1.71. The van der Waals surface area contributed by atoms with Crippen molar-refractivity contribution in [3.63, 3.8) is 0 Å². The van der Waals surface area contributed by atoms with Crippen molar-refractivity contribution in [3.8, 4) is 0 Å². The van der Waals surface area contributed by atoms with Crippen LogP contribution in [0.25, 0.3) is 0 Å². The van der Waals surface area contributed by atoms with E-state index in [9.17, 15) is 4.79 Å². The first-order valence-corrected chi connectivity index (χ1v) is 6.64. The number of rotatable bonds is 5. The van der Waals surface area contributed by atoms with Crippen LogP contribution in [0.15, 0.2) is 0 Å². The minimum atomic E-state index is -0.413. The Bertz CT molecular complexity index is 257. The molecule has 2 aliphatic rings. The van der Waals surface area contributed by atoms with Crippen molar-refractivity contribution in [2.24, 2.45) is 11.3 Å². The van der Waals surface area contributed by atoms with Crippen molar-refractivity contribution in [3.05, 3.63) is 0 Å². The first kappa shape index (κ1) is 12.8. The number of carbonyl (C=O) groups is 1. The van der Waals surface area contributed by atoms with Crippen molar-refractivity contribution in [2.45, 2.75) is 32.1 Å². The maximum atomic E-state index is 11.7. The molecule has 4 heteroatoms. The zero-order valence-corrected chi connectivity index (χ0v) is 10.7. The van der Waals surface area contributed by atoms with Crippen LogP contribution in [-0.2, 0) is 14.3 Å². The van der Waals surface area contributed by atoms with Gasteiger partial charge in [-0.3, -0.25) is 4.79 Å². The van der Waals surface area contributed by atoms with E-state index in [1.54, 1.807) is 0 Å². The fourth-order valence-corrected chi connectivity index (χ4v) is 2.76. The lowest BCUT2D eigenvalue weighted by molar-refractivity contribution is -0.182. The normalized spacial score (nSPS) is 24.1. The zero-order chi connectivity index (χ0) is 12.1. The van der Waals surface area contributed by atoms with Crippen LogP contribution in [0.1, 0.15) is 32.1 Å². The highest BCUT2D eigenvalue weighted by Crippen LogP contribution is 2.28. The summed E-state index contributed by atoms with van der Waals surface area (Å²) in [4.78, 5) is 11.7. The van der Waals surface area contributed by atoms with Crippen LogP contribution in [0, 0.1) is 11.3 Å². The summed E-state index contributed by atoms with van der Waals surface area (Å²) >= 11 is 0. The topological polar surface area (TPSA) is 47.6 Å². The molecular weight excluding hydrogens is 218 g/mol. The average Bonchev–Trinajstić information content (AvgIpc) is 2.33. The highest BCUT2D eigenvalue weighted by Gasteiger charge is 2.46. The third-order valence-corrected chi connectivity index (χ3v) is 4.00. The van der Waals surface area contributed by atoms with E-state index in [4.69, 9.17) is 9.47 Å². The molecule has 1 aliphatic heterocycles. The third kappa shape index (κ3) is 2.99. The minimum Gasteiger partial charge on any atom is -0.468 e. The van der Waals surface area contributed by atoms with Crippen LogP contribution in [-0.4, -0.2) is 39.4 Å². The Morgan fingerprint density at radius 3 is 2.59 bits per heavy atom. The smallest absolute Gasteiger partial charge is 0.317 e. The van der Waals surface area contributed by atoms with Gasteiger partial charge in [-0.25, -0.2) is 0 Å². The lowest BCUT2D eigenvalue weighted by Crippen LogP contribution is -2.56. The van der Waals surface area contributed by atoms with Crippen molar-refractivity contribution in [1.82, 2.24) is 5.32 Å². The van der Waals surface area contributed by atoms with Crippen molar-refractivity contribution < 1.29 is 14.3 Å². The number of methoxy groups -OCH3 is 1. The van der Waals surface area contributed by atoms with E-state index in [0.717, 1.165) is 12.5 Å². The second kappa shape index (κ2) is 5.83. The van der Waals surface area contributed by atoms with Crippen LogP contribution in [0.4, 0.5) is 0 Å². The Hall–Kier alpha value is -0.610. The Labute approximate surface area is 103 Å². The first-order chi connectivity index (χ1) is 8.27. The molecule has 0 unspecified atom stereocenters. The number of hydrogen-bond acceptors (Lipinski definition) is 4. The Morgan fingerprint density at radius 2 is 2.06 bits per heavy atom. The molecule has 4 nitrogen and oxygen atoms in total. The van der Waals surface area contributed by atoms with E-state index in [-0.39, 0.29) is 5.97 Å². The SMILES string of the molecule is COC(=O)C1(CNCC2CCCCC2)COC1. The first-order valence-electron chi connectivity index (χ1n) is 6.64. The standard InChI is InChI=1S/C13H23NO3/c1-16-12(15)13(9-17-10-13)8-14-7-11-5-3-2-4-6-11/h11,14H,2-10H2,1H3. The van der Waals surface area contributed by atoms with Crippen LogP contribution in [0.2, 0.25) is 0 Å². The number of nitrogens with one attached hydrogen (secondary N) is 1. The van der Waals surface area contributed by atoms with Gasteiger partial charge in [0.15, 0.2) is 0 Å². The van der Waals surface area contributed by atoms with Crippen LogP contribution in [0.5, 0.6) is 0 Å². The summed E-state index contributed by atoms with van der Waals surface area (Å²) in [7, 11) is 1.45.